The number of ether oxygens (including phenoxy) is 4. The molecular weight excluding hydrogens is 486 g/mol. The monoisotopic (exact) mass is 529 g/mol. The number of nitrogens with zero attached hydrogens (tertiary/aromatic N) is 1. The maximum Gasteiger partial charge on any atom is 0.165 e. The molecule has 1 saturated heterocycles. The van der Waals surface area contributed by atoms with Gasteiger partial charge in [0.05, 0.1) is 19.3 Å². The summed E-state index contributed by atoms with van der Waals surface area (Å²) in [5.41, 5.74) is 3.55. The predicted molar refractivity (Wildman–Crippen MR) is 150 cm³/mol. The molecule has 2 aliphatic heterocycles. The molecule has 0 amide bonds. The van der Waals surface area contributed by atoms with Crippen molar-refractivity contribution in [2.24, 2.45) is 17.3 Å². The van der Waals surface area contributed by atoms with E-state index in [1.54, 1.807) is 7.11 Å². The van der Waals surface area contributed by atoms with Crippen LogP contribution in [0.15, 0.2) is 42.5 Å². The van der Waals surface area contributed by atoms with Crippen LogP contribution in [0.5, 0.6) is 11.5 Å². The molecule has 2 aromatic rings. The van der Waals surface area contributed by atoms with Crippen LogP contribution in [0.1, 0.15) is 69.1 Å². The number of hydrogen-bond acceptors (Lipinski definition) is 5. The van der Waals surface area contributed by atoms with Crippen molar-refractivity contribution >= 4 is 0 Å². The van der Waals surface area contributed by atoms with Gasteiger partial charge in [-0.3, -0.25) is 4.90 Å². The molecule has 7 aliphatic rings. The standard InChI is InChI=1S/C34H43NO4/c1-31(2,38-21-23-8-6-5-7-9-23)26-19-32-14-15-34(26,37-4)30-33(32)16-17-35(20-22-10-11-22)27(32)18-24-12-13-25(36-3)29(39-30)28(24)33/h5-9,12-13,22,26-27,30H,10-11,14-21H2,1-4H3. The minimum Gasteiger partial charge on any atom is -0.493 e. The summed E-state index contributed by atoms with van der Waals surface area (Å²) in [6.45, 7) is 7.65. The molecule has 5 aliphatic carbocycles. The van der Waals surface area contributed by atoms with Gasteiger partial charge in [-0.15, -0.1) is 0 Å². The quantitative estimate of drug-likeness (QED) is 0.425. The Hall–Kier alpha value is -2.08. The van der Waals surface area contributed by atoms with Crippen molar-refractivity contribution < 1.29 is 18.9 Å². The zero-order valence-corrected chi connectivity index (χ0v) is 24.0. The van der Waals surface area contributed by atoms with E-state index in [1.165, 1.54) is 42.5 Å². The van der Waals surface area contributed by atoms with Crippen molar-refractivity contribution in [3.8, 4) is 11.5 Å². The molecule has 0 aromatic heterocycles. The Morgan fingerprint density at radius 3 is 2.59 bits per heavy atom. The largest absolute Gasteiger partial charge is 0.493 e. The topological polar surface area (TPSA) is 40.2 Å². The van der Waals surface area contributed by atoms with Gasteiger partial charge in [-0.1, -0.05) is 36.4 Å². The molecule has 4 bridgehead atoms. The zero-order valence-electron chi connectivity index (χ0n) is 24.0. The molecule has 4 saturated carbocycles. The van der Waals surface area contributed by atoms with E-state index in [0.29, 0.717) is 12.6 Å². The average molecular weight is 530 g/mol. The van der Waals surface area contributed by atoms with Gasteiger partial charge in [0, 0.05) is 42.0 Å². The normalized spacial score (nSPS) is 37.9. The summed E-state index contributed by atoms with van der Waals surface area (Å²) in [4.78, 5) is 2.91. The minimum atomic E-state index is -0.399. The van der Waals surface area contributed by atoms with Crippen molar-refractivity contribution in [2.45, 2.75) is 94.2 Å². The molecular formula is C34H43NO4. The van der Waals surface area contributed by atoms with E-state index in [1.807, 2.05) is 7.11 Å². The van der Waals surface area contributed by atoms with Crippen LogP contribution in [0, 0.1) is 17.3 Å². The average Bonchev–Trinajstić information content (AvgIpc) is 3.70. The summed E-state index contributed by atoms with van der Waals surface area (Å²) < 4.78 is 26.8. The van der Waals surface area contributed by atoms with Crippen LogP contribution in [0.3, 0.4) is 0 Å². The lowest BCUT2D eigenvalue weighted by Crippen LogP contribution is -2.82. The first-order chi connectivity index (χ1) is 18.9. The number of piperidine rings is 1. The molecule has 5 nitrogen and oxygen atoms in total. The van der Waals surface area contributed by atoms with E-state index in [-0.39, 0.29) is 28.5 Å². The van der Waals surface area contributed by atoms with E-state index in [0.717, 1.165) is 49.6 Å². The maximum atomic E-state index is 7.22. The molecule has 9 rings (SSSR count). The van der Waals surface area contributed by atoms with Crippen molar-refractivity contribution in [1.82, 2.24) is 4.90 Å². The van der Waals surface area contributed by atoms with Crippen LogP contribution in [-0.2, 0) is 27.9 Å². The third-order valence-electron chi connectivity index (χ3n) is 12.2. The summed E-state index contributed by atoms with van der Waals surface area (Å²) in [5.74, 6) is 3.01. The van der Waals surface area contributed by atoms with Crippen LogP contribution in [-0.4, -0.2) is 55.6 Å². The Balaban J connectivity index is 1.26. The first-order valence-electron chi connectivity index (χ1n) is 15.2. The molecule has 6 atom stereocenters. The van der Waals surface area contributed by atoms with Crippen molar-refractivity contribution in [1.29, 1.82) is 0 Å². The number of fused-ring (bicyclic) bond motifs is 2. The highest BCUT2D eigenvalue weighted by Crippen LogP contribution is 2.77. The SMILES string of the molecule is COc1ccc2c3c1OC1C4(OC)CCC5(CC4C(C)(C)OCc4ccccc4)C(C2)N(CC2CC2)CCC315. The predicted octanol–water partition coefficient (Wildman–Crippen LogP) is 5.92. The molecule has 5 fully saturated rings. The number of rotatable bonds is 8. The Labute approximate surface area is 233 Å². The van der Waals surface area contributed by atoms with Gasteiger partial charge in [0.1, 0.15) is 11.7 Å². The molecule has 5 heteroatoms. The highest BCUT2D eigenvalue weighted by molar-refractivity contribution is 5.63. The molecule has 6 unspecified atom stereocenters. The summed E-state index contributed by atoms with van der Waals surface area (Å²) in [5, 5.41) is 0. The van der Waals surface area contributed by atoms with Crippen LogP contribution in [0.2, 0.25) is 0 Å². The van der Waals surface area contributed by atoms with Gasteiger partial charge in [0.2, 0.25) is 0 Å². The van der Waals surface area contributed by atoms with Gasteiger partial charge in [0.15, 0.2) is 11.5 Å². The molecule has 208 valence electrons. The Morgan fingerprint density at radius 2 is 1.85 bits per heavy atom. The van der Waals surface area contributed by atoms with Crippen LogP contribution < -0.4 is 9.47 Å². The second-order valence-electron chi connectivity index (χ2n) is 14.0. The third kappa shape index (κ3) is 3.08. The Morgan fingerprint density at radius 1 is 1.03 bits per heavy atom. The van der Waals surface area contributed by atoms with Crippen molar-refractivity contribution in [2.75, 3.05) is 27.3 Å². The number of methoxy groups -OCH3 is 2. The van der Waals surface area contributed by atoms with E-state index < -0.39 is 5.60 Å². The zero-order chi connectivity index (χ0) is 26.6. The maximum absolute atomic E-state index is 7.22. The van der Waals surface area contributed by atoms with Gasteiger partial charge >= 0.3 is 0 Å². The van der Waals surface area contributed by atoms with E-state index in [2.05, 4.69) is 61.2 Å². The summed E-state index contributed by atoms with van der Waals surface area (Å²) in [6, 6.07) is 15.6. The Kier molecular flexibility index (Phi) is 5.22. The number of benzene rings is 2. The molecule has 39 heavy (non-hydrogen) atoms. The van der Waals surface area contributed by atoms with Crippen molar-refractivity contribution in [3.05, 3.63) is 59.2 Å². The second-order valence-corrected chi connectivity index (χ2v) is 14.0. The fourth-order valence-corrected chi connectivity index (χ4v) is 10.3. The van der Waals surface area contributed by atoms with Crippen LogP contribution in [0.25, 0.3) is 0 Å². The highest BCUT2D eigenvalue weighted by atomic mass is 16.6. The van der Waals surface area contributed by atoms with Crippen molar-refractivity contribution in [3.63, 3.8) is 0 Å². The van der Waals surface area contributed by atoms with E-state index in [4.69, 9.17) is 18.9 Å². The number of likely N-dealkylation sites (tertiary alicyclic amines) is 1. The summed E-state index contributed by atoms with van der Waals surface area (Å²) >= 11 is 0. The summed E-state index contributed by atoms with van der Waals surface area (Å²) in [6.07, 6.45) is 8.42. The fourth-order valence-electron chi connectivity index (χ4n) is 10.3. The molecule has 2 spiro atoms. The first-order valence-corrected chi connectivity index (χ1v) is 15.2. The lowest BCUT2D eigenvalue weighted by molar-refractivity contribution is -0.305. The molecule has 0 N–H and O–H groups in total. The molecule has 2 aromatic carbocycles. The smallest absolute Gasteiger partial charge is 0.165 e. The minimum absolute atomic E-state index is 0.0157. The number of hydrogen-bond donors (Lipinski definition) is 0. The highest BCUT2D eigenvalue weighted by Gasteiger charge is 2.81. The fraction of sp³-hybridized carbons (Fsp3) is 0.647. The summed E-state index contributed by atoms with van der Waals surface area (Å²) in [7, 11) is 3.72. The van der Waals surface area contributed by atoms with Gasteiger partial charge < -0.3 is 18.9 Å². The molecule has 2 heterocycles. The Bertz CT molecular complexity index is 1290. The van der Waals surface area contributed by atoms with E-state index >= 15 is 0 Å². The second kappa shape index (κ2) is 8.24. The van der Waals surface area contributed by atoms with Crippen LogP contribution >= 0.6 is 0 Å². The van der Waals surface area contributed by atoms with Gasteiger partial charge in [-0.2, -0.15) is 0 Å². The van der Waals surface area contributed by atoms with E-state index in [9.17, 15) is 0 Å². The third-order valence-corrected chi connectivity index (χ3v) is 12.2. The van der Waals surface area contributed by atoms with Gasteiger partial charge in [-0.25, -0.2) is 0 Å². The van der Waals surface area contributed by atoms with Crippen LogP contribution in [0.4, 0.5) is 0 Å². The lowest BCUT2D eigenvalue weighted by atomic mass is 9.34. The van der Waals surface area contributed by atoms with Gasteiger partial charge in [0.25, 0.3) is 0 Å². The van der Waals surface area contributed by atoms with Gasteiger partial charge in [-0.05, 0) is 88.4 Å². The first kappa shape index (κ1) is 24.7. The molecule has 0 radical (unpaired) electrons. The lowest BCUT2D eigenvalue weighted by Gasteiger charge is -2.75.